The van der Waals surface area contributed by atoms with Crippen molar-refractivity contribution in [3.63, 3.8) is 0 Å². The molecule has 0 aromatic heterocycles. The molecule has 0 radical (unpaired) electrons. The van der Waals surface area contributed by atoms with E-state index in [1.165, 1.54) is 12.1 Å². The number of benzene rings is 1. The fourth-order valence-electron chi connectivity index (χ4n) is 0.828. The van der Waals surface area contributed by atoms with Crippen molar-refractivity contribution in [1.29, 1.82) is 0 Å². The van der Waals surface area contributed by atoms with Crippen LogP contribution in [0, 0.1) is 5.82 Å². The Morgan fingerprint density at radius 1 is 1.43 bits per heavy atom. The number of halogens is 3. The summed E-state index contributed by atoms with van der Waals surface area (Å²) in [6.45, 7) is 0. The van der Waals surface area contributed by atoms with Gasteiger partial charge in [0.05, 0.1) is 15.8 Å². The molecule has 6 heteroatoms. The summed E-state index contributed by atoms with van der Waals surface area (Å²) in [5.41, 5.74) is 0.348. The molecule has 1 aromatic carbocycles. The maximum atomic E-state index is 12.9. The van der Waals surface area contributed by atoms with Crippen LogP contribution in [0.2, 0.25) is 10.0 Å². The van der Waals surface area contributed by atoms with Crippen molar-refractivity contribution < 1.29 is 9.18 Å². The van der Waals surface area contributed by atoms with E-state index in [2.05, 4.69) is 17.9 Å². The van der Waals surface area contributed by atoms with Gasteiger partial charge in [-0.1, -0.05) is 23.2 Å². The van der Waals surface area contributed by atoms with E-state index in [0.717, 1.165) is 0 Å². The van der Waals surface area contributed by atoms with Crippen molar-refractivity contribution in [1.82, 2.24) is 0 Å². The third kappa shape index (κ3) is 2.77. The van der Waals surface area contributed by atoms with E-state index >= 15 is 0 Å². The summed E-state index contributed by atoms with van der Waals surface area (Å²) in [5.74, 6) is -0.976. The Hall–Kier alpha value is -0.450. The van der Waals surface area contributed by atoms with Gasteiger partial charge >= 0.3 is 0 Å². The minimum atomic E-state index is -0.697. The van der Waals surface area contributed by atoms with E-state index < -0.39 is 5.82 Å². The van der Waals surface area contributed by atoms with E-state index in [1.807, 2.05) is 0 Å². The van der Waals surface area contributed by atoms with Crippen LogP contribution in [0.3, 0.4) is 0 Å². The zero-order chi connectivity index (χ0) is 10.7. The number of hydrogen-bond acceptors (Lipinski definition) is 2. The number of nitrogens with one attached hydrogen (secondary N) is 1. The molecular formula is C8H6Cl2FNOS. The smallest absolute Gasteiger partial charge is 0.234 e. The second-order valence-electron chi connectivity index (χ2n) is 2.46. The van der Waals surface area contributed by atoms with Crippen LogP contribution in [-0.2, 0) is 4.79 Å². The number of carbonyl (C=O) groups excluding carboxylic acids is 1. The molecule has 0 saturated heterocycles. The highest BCUT2D eigenvalue weighted by molar-refractivity contribution is 7.81. The molecular weight excluding hydrogens is 248 g/mol. The molecule has 1 N–H and O–H groups in total. The fourth-order valence-corrected chi connectivity index (χ4v) is 1.39. The van der Waals surface area contributed by atoms with Gasteiger partial charge in [-0.15, -0.1) is 0 Å². The molecule has 0 bridgehead atoms. The lowest BCUT2D eigenvalue weighted by Crippen LogP contribution is -2.12. The summed E-state index contributed by atoms with van der Waals surface area (Å²) in [5, 5.41) is 2.18. The molecule has 0 atom stereocenters. The molecule has 76 valence electrons. The topological polar surface area (TPSA) is 29.1 Å². The van der Waals surface area contributed by atoms with Gasteiger partial charge in [0.1, 0.15) is 0 Å². The van der Waals surface area contributed by atoms with Crippen molar-refractivity contribution in [2.45, 2.75) is 0 Å². The van der Waals surface area contributed by atoms with Crippen molar-refractivity contribution in [2.75, 3.05) is 11.1 Å². The van der Waals surface area contributed by atoms with Gasteiger partial charge in [-0.2, -0.15) is 12.6 Å². The Balaban J connectivity index is 2.95. The first-order chi connectivity index (χ1) is 6.54. The Kier molecular flexibility index (Phi) is 4.04. The lowest BCUT2D eigenvalue weighted by molar-refractivity contribution is -0.113. The van der Waals surface area contributed by atoms with Crippen molar-refractivity contribution >= 4 is 47.4 Å². The minimum Gasteiger partial charge on any atom is -0.325 e. The van der Waals surface area contributed by atoms with E-state index in [-0.39, 0.29) is 21.7 Å². The zero-order valence-electron chi connectivity index (χ0n) is 6.85. The summed E-state index contributed by atoms with van der Waals surface area (Å²) in [7, 11) is 0. The predicted octanol–water partition coefficient (Wildman–Crippen LogP) is 3.00. The van der Waals surface area contributed by atoms with Crippen LogP contribution in [0.15, 0.2) is 12.1 Å². The third-order valence-corrected chi connectivity index (χ3v) is 2.25. The number of hydrogen-bond donors (Lipinski definition) is 2. The molecule has 1 amide bonds. The van der Waals surface area contributed by atoms with Gasteiger partial charge in [0.2, 0.25) is 5.91 Å². The Morgan fingerprint density at radius 2 is 1.93 bits per heavy atom. The summed E-state index contributed by atoms with van der Waals surface area (Å²) >= 11 is 14.8. The highest BCUT2D eigenvalue weighted by Gasteiger charge is 2.08. The monoisotopic (exact) mass is 253 g/mol. The SMILES string of the molecule is O=C(CS)Nc1cc(Cl)c(F)c(Cl)c1. The molecule has 0 unspecified atom stereocenters. The molecule has 0 aliphatic rings. The lowest BCUT2D eigenvalue weighted by Gasteiger charge is -2.05. The van der Waals surface area contributed by atoms with Crippen LogP contribution in [0.5, 0.6) is 0 Å². The standard InChI is InChI=1S/C8H6Cl2FNOS/c9-5-1-4(12-7(13)3-14)2-6(10)8(5)11/h1-2,14H,3H2,(H,12,13). The maximum Gasteiger partial charge on any atom is 0.234 e. The van der Waals surface area contributed by atoms with E-state index in [0.29, 0.717) is 5.69 Å². The van der Waals surface area contributed by atoms with Crippen molar-refractivity contribution in [3.8, 4) is 0 Å². The van der Waals surface area contributed by atoms with Crippen molar-refractivity contribution in [3.05, 3.63) is 28.0 Å². The van der Waals surface area contributed by atoms with Gasteiger partial charge in [0.15, 0.2) is 5.82 Å². The van der Waals surface area contributed by atoms with Crippen LogP contribution in [0.1, 0.15) is 0 Å². The minimum absolute atomic E-state index is 0.0343. The van der Waals surface area contributed by atoms with Crippen LogP contribution >= 0.6 is 35.8 Å². The van der Waals surface area contributed by atoms with Gasteiger partial charge in [-0.3, -0.25) is 4.79 Å². The molecule has 2 nitrogen and oxygen atoms in total. The first-order valence-corrected chi connectivity index (χ1v) is 4.98. The molecule has 14 heavy (non-hydrogen) atoms. The molecule has 1 aromatic rings. The average Bonchev–Trinajstić information content (AvgIpc) is 2.14. The molecule has 0 aliphatic heterocycles. The summed E-state index contributed by atoms with van der Waals surface area (Å²) in [6, 6.07) is 2.56. The zero-order valence-corrected chi connectivity index (χ0v) is 9.26. The lowest BCUT2D eigenvalue weighted by atomic mass is 10.3. The molecule has 1 rings (SSSR count). The van der Waals surface area contributed by atoms with E-state index in [9.17, 15) is 9.18 Å². The molecule has 0 saturated carbocycles. The highest BCUT2D eigenvalue weighted by atomic mass is 35.5. The van der Waals surface area contributed by atoms with Gasteiger partial charge in [-0.25, -0.2) is 4.39 Å². The number of amides is 1. The molecule has 0 fully saturated rings. The summed E-state index contributed by atoms with van der Waals surface area (Å²) in [6.07, 6.45) is 0. The predicted molar refractivity (Wildman–Crippen MR) is 58.9 cm³/mol. The highest BCUT2D eigenvalue weighted by Crippen LogP contribution is 2.27. The normalized spacial score (nSPS) is 10.0. The number of thiol groups is 1. The quantitative estimate of drug-likeness (QED) is 0.616. The maximum absolute atomic E-state index is 12.9. The first-order valence-electron chi connectivity index (χ1n) is 3.60. The molecule has 0 spiro atoms. The van der Waals surface area contributed by atoms with Crippen LogP contribution in [0.25, 0.3) is 0 Å². The Bertz CT molecular complexity index is 349. The third-order valence-electron chi connectivity index (χ3n) is 1.41. The van der Waals surface area contributed by atoms with E-state index in [1.54, 1.807) is 0 Å². The second kappa shape index (κ2) is 4.87. The average molecular weight is 254 g/mol. The first kappa shape index (κ1) is 11.6. The molecule has 0 heterocycles. The van der Waals surface area contributed by atoms with Gasteiger partial charge < -0.3 is 5.32 Å². The van der Waals surface area contributed by atoms with Crippen molar-refractivity contribution in [2.24, 2.45) is 0 Å². The van der Waals surface area contributed by atoms with Gasteiger partial charge in [-0.05, 0) is 12.1 Å². The van der Waals surface area contributed by atoms with Crippen LogP contribution in [-0.4, -0.2) is 11.7 Å². The van der Waals surface area contributed by atoms with Crippen LogP contribution in [0.4, 0.5) is 10.1 Å². The second-order valence-corrected chi connectivity index (χ2v) is 3.59. The summed E-state index contributed by atoms with van der Waals surface area (Å²) < 4.78 is 12.9. The van der Waals surface area contributed by atoms with E-state index in [4.69, 9.17) is 23.2 Å². The number of rotatable bonds is 2. The van der Waals surface area contributed by atoms with Gasteiger partial charge in [0.25, 0.3) is 0 Å². The largest absolute Gasteiger partial charge is 0.325 e. The van der Waals surface area contributed by atoms with Gasteiger partial charge in [0, 0.05) is 5.69 Å². The number of anilines is 1. The Morgan fingerprint density at radius 3 is 2.36 bits per heavy atom. The number of carbonyl (C=O) groups is 1. The van der Waals surface area contributed by atoms with Crippen LogP contribution < -0.4 is 5.32 Å². The summed E-state index contributed by atoms with van der Waals surface area (Å²) in [4.78, 5) is 10.9. The fraction of sp³-hybridized carbons (Fsp3) is 0.125. The Labute approximate surface area is 95.8 Å². The molecule has 0 aliphatic carbocycles.